The largest absolute Gasteiger partial charge is 0.494 e. The Hall–Kier alpha value is -1.26. The molecule has 19 heavy (non-hydrogen) atoms. The molecule has 0 heterocycles. The van der Waals surface area contributed by atoms with Crippen LogP contribution >= 0.6 is 12.4 Å². The highest BCUT2D eigenvalue weighted by atomic mass is 35.5. The van der Waals surface area contributed by atoms with Gasteiger partial charge in [0.25, 0.3) is 0 Å². The summed E-state index contributed by atoms with van der Waals surface area (Å²) in [5, 5.41) is 0. The average Bonchev–Trinajstić information content (AvgIpc) is 2.42. The summed E-state index contributed by atoms with van der Waals surface area (Å²) in [5.74, 6) is 0.957. The van der Waals surface area contributed by atoms with E-state index in [9.17, 15) is 4.79 Å². The molecule has 0 aliphatic rings. The molecule has 1 aromatic rings. The molecule has 4 nitrogen and oxygen atoms in total. The van der Waals surface area contributed by atoms with Crippen molar-refractivity contribution >= 4 is 18.3 Å². The molecule has 1 amide bonds. The third kappa shape index (κ3) is 6.45. The summed E-state index contributed by atoms with van der Waals surface area (Å²) in [6, 6.07) is 9.70. The van der Waals surface area contributed by atoms with Crippen LogP contribution in [0.1, 0.15) is 19.8 Å². The van der Waals surface area contributed by atoms with E-state index in [1.807, 2.05) is 37.3 Å². The van der Waals surface area contributed by atoms with Crippen molar-refractivity contribution in [1.82, 2.24) is 4.90 Å². The molecule has 0 aliphatic heterocycles. The number of carbonyl (C=O) groups excluding carboxylic acids is 1. The Morgan fingerprint density at radius 1 is 1.37 bits per heavy atom. The van der Waals surface area contributed by atoms with Gasteiger partial charge in [0.1, 0.15) is 5.75 Å². The Bertz CT molecular complexity index is 360. The molecule has 0 spiro atoms. The molecule has 1 unspecified atom stereocenters. The molecule has 1 atom stereocenters. The van der Waals surface area contributed by atoms with E-state index in [1.165, 1.54) is 0 Å². The minimum atomic E-state index is 0. The standard InChI is InChI=1S/C14H22N2O2.ClH/c1-12(11-15)16(2)14(17)9-6-10-18-13-7-4-3-5-8-13;/h3-5,7-8,12H,6,9-11,15H2,1-2H3;1H. The number of ether oxygens (including phenoxy) is 1. The van der Waals surface area contributed by atoms with E-state index in [2.05, 4.69) is 0 Å². The van der Waals surface area contributed by atoms with Crippen LogP contribution in [0.15, 0.2) is 30.3 Å². The highest BCUT2D eigenvalue weighted by Gasteiger charge is 2.13. The van der Waals surface area contributed by atoms with E-state index < -0.39 is 0 Å². The SMILES string of the molecule is CC(CN)N(C)C(=O)CCCOc1ccccc1.Cl. The highest BCUT2D eigenvalue weighted by Crippen LogP contribution is 2.09. The van der Waals surface area contributed by atoms with Gasteiger partial charge in [-0.15, -0.1) is 12.4 Å². The second-order valence-corrected chi connectivity index (χ2v) is 4.35. The zero-order chi connectivity index (χ0) is 13.4. The van der Waals surface area contributed by atoms with E-state index in [1.54, 1.807) is 11.9 Å². The molecular formula is C14H23ClN2O2. The third-order valence-electron chi connectivity index (χ3n) is 2.94. The molecule has 1 rings (SSSR count). The maximum absolute atomic E-state index is 11.8. The molecule has 2 N–H and O–H groups in total. The van der Waals surface area contributed by atoms with Crippen molar-refractivity contribution in [3.63, 3.8) is 0 Å². The number of halogens is 1. The maximum atomic E-state index is 11.8. The smallest absolute Gasteiger partial charge is 0.222 e. The topological polar surface area (TPSA) is 55.6 Å². The van der Waals surface area contributed by atoms with Gasteiger partial charge in [0.15, 0.2) is 0 Å². The lowest BCUT2D eigenvalue weighted by Gasteiger charge is -2.23. The van der Waals surface area contributed by atoms with E-state index in [-0.39, 0.29) is 24.4 Å². The van der Waals surface area contributed by atoms with Gasteiger partial charge in [-0.3, -0.25) is 4.79 Å². The van der Waals surface area contributed by atoms with Gasteiger partial charge in [-0.25, -0.2) is 0 Å². The quantitative estimate of drug-likeness (QED) is 0.781. The molecule has 0 bridgehead atoms. The Labute approximate surface area is 121 Å². The van der Waals surface area contributed by atoms with Crippen molar-refractivity contribution in [3.8, 4) is 5.75 Å². The summed E-state index contributed by atoms with van der Waals surface area (Å²) in [6.07, 6.45) is 1.21. The molecule has 0 aliphatic carbocycles. The number of hydrogen-bond donors (Lipinski definition) is 1. The predicted octanol–water partition coefficient (Wildman–Crippen LogP) is 2.07. The van der Waals surface area contributed by atoms with Gasteiger partial charge < -0.3 is 15.4 Å². The van der Waals surface area contributed by atoms with Crippen molar-refractivity contribution in [2.75, 3.05) is 20.2 Å². The number of nitrogens with zero attached hydrogens (tertiary/aromatic N) is 1. The summed E-state index contributed by atoms with van der Waals surface area (Å²) in [7, 11) is 1.79. The van der Waals surface area contributed by atoms with Crippen LogP contribution in [0.5, 0.6) is 5.75 Å². The Morgan fingerprint density at radius 3 is 2.58 bits per heavy atom. The second-order valence-electron chi connectivity index (χ2n) is 4.35. The second kappa shape index (κ2) is 9.64. The number of carbonyl (C=O) groups is 1. The van der Waals surface area contributed by atoms with Gasteiger partial charge in [0.05, 0.1) is 6.61 Å². The fourth-order valence-electron chi connectivity index (χ4n) is 1.51. The van der Waals surface area contributed by atoms with Crippen LogP contribution in [0.3, 0.4) is 0 Å². The summed E-state index contributed by atoms with van der Waals surface area (Å²) in [6.45, 7) is 2.99. The molecular weight excluding hydrogens is 264 g/mol. The predicted molar refractivity (Wildman–Crippen MR) is 79.7 cm³/mol. The molecule has 0 fully saturated rings. The zero-order valence-corrected chi connectivity index (χ0v) is 12.4. The lowest BCUT2D eigenvalue weighted by Crippen LogP contribution is -2.39. The number of para-hydroxylation sites is 1. The van der Waals surface area contributed by atoms with Gasteiger partial charge >= 0.3 is 0 Å². The van der Waals surface area contributed by atoms with Gasteiger partial charge in [-0.05, 0) is 25.5 Å². The van der Waals surface area contributed by atoms with Crippen LogP contribution in [0.2, 0.25) is 0 Å². The monoisotopic (exact) mass is 286 g/mol. The van der Waals surface area contributed by atoms with E-state index >= 15 is 0 Å². The maximum Gasteiger partial charge on any atom is 0.222 e. The number of likely N-dealkylation sites (N-methyl/N-ethyl adjacent to an activating group) is 1. The van der Waals surface area contributed by atoms with Gasteiger partial charge in [0, 0.05) is 26.1 Å². The van der Waals surface area contributed by atoms with E-state index in [0.717, 1.165) is 12.2 Å². The van der Waals surface area contributed by atoms with Gasteiger partial charge in [-0.1, -0.05) is 18.2 Å². The fraction of sp³-hybridized carbons (Fsp3) is 0.500. The number of benzene rings is 1. The lowest BCUT2D eigenvalue weighted by molar-refractivity contribution is -0.131. The van der Waals surface area contributed by atoms with Crippen LogP contribution in [0.25, 0.3) is 0 Å². The van der Waals surface area contributed by atoms with Crippen molar-refractivity contribution < 1.29 is 9.53 Å². The first-order valence-electron chi connectivity index (χ1n) is 6.28. The van der Waals surface area contributed by atoms with Crippen molar-refractivity contribution in [3.05, 3.63) is 30.3 Å². The van der Waals surface area contributed by atoms with Crippen LogP contribution < -0.4 is 10.5 Å². The molecule has 0 saturated heterocycles. The minimum absolute atomic E-state index is 0. The molecule has 0 aromatic heterocycles. The minimum Gasteiger partial charge on any atom is -0.494 e. The van der Waals surface area contributed by atoms with E-state index in [0.29, 0.717) is 19.6 Å². The molecule has 108 valence electrons. The van der Waals surface area contributed by atoms with Crippen molar-refractivity contribution in [2.24, 2.45) is 5.73 Å². The number of rotatable bonds is 7. The molecule has 1 aromatic carbocycles. The molecule has 0 radical (unpaired) electrons. The van der Waals surface area contributed by atoms with Crippen molar-refractivity contribution in [1.29, 1.82) is 0 Å². The third-order valence-corrected chi connectivity index (χ3v) is 2.94. The first kappa shape index (κ1) is 17.7. The van der Waals surface area contributed by atoms with Gasteiger partial charge in [0.2, 0.25) is 5.91 Å². The normalized spacial score (nSPS) is 11.3. The van der Waals surface area contributed by atoms with Gasteiger partial charge in [-0.2, -0.15) is 0 Å². The summed E-state index contributed by atoms with van der Waals surface area (Å²) in [4.78, 5) is 13.5. The molecule has 0 saturated carbocycles. The number of amides is 1. The van der Waals surface area contributed by atoms with Crippen LogP contribution in [-0.4, -0.2) is 37.0 Å². The Kier molecular flexibility index (Phi) is 9.00. The average molecular weight is 287 g/mol. The van der Waals surface area contributed by atoms with E-state index in [4.69, 9.17) is 10.5 Å². The van der Waals surface area contributed by atoms with Crippen LogP contribution in [-0.2, 0) is 4.79 Å². The summed E-state index contributed by atoms with van der Waals surface area (Å²) in [5.41, 5.74) is 5.52. The fourth-order valence-corrected chi connectivity index (χ4v) is 1.51. The Balaban J connectivity index is 0.00000324. The summed E-state index contributed by atoms with van der Waals surface area (Å²) < 4.78 is 5.53. The Morgan fingerprint density at radius 2 is 2.00 bits per heavy atom. The molecule has 5 heteroatoms. The van der Waals surface area contributed by atoms with Crippen LogP contribution in [0.4, 0.5) is 0 Å². The first-order valence-corrected chi connectivity index (χ1v) is 6.28. The first-order chi connectivity index (χ1) is 8.65. The highest BCUT2D eigenvalue weighted by molar-refractivity contribution is 5.85. The van der Waals surface area contributed by atoms with Crippen LogP contribution in [0, 0.1) is 0 Å². The zero-order valence-electron chi connectivity index (χ0n) is 11.5. The number of hydrogen-bond acceptors (Lipinski definition) is 3. The van der Waals surface area contributed by atoms with Crippen molar-refractivity contribution in [2.45, 2.75) is 25.8 Å². The lowest BCUT2D eigenvalue weighted by atomic mass is 10.2. The number of nitrogens with two attached hydrogens (primary N) is 1. The summed E-state index contributed by atoms with van der Waals surface area (Å²) >= 11 is 0.